The molecule has 3 rings (SSSR count). The fourth-order valence-electron chi connectivity index (χ4n) is 2.10. The first-order valence-corrected chi connectivity index (χ1v) is 6.81. The van der Waals surface area contributed by atoms with Crippen LogP contribution in [0.5, 0.6) is 5.75 Å². The quantitative estimate of drug-likeness (QED) is 0.722. The Bertz CT molecular complexity index is 822. The van der Waals surface area contributed by atoms with Crippen molar-refractivity contribution in [1.29, 1.82) is 5.26 Å². The predicted molar refractivity (Wildman–Crippen MR) is 82.2 cm³/mol. The summed E-state index contributed by atoms with van der Waals surface area (Å²) in [7, 11) is 0. The molecule has 0 aliphatic carbocycles. The van der Waals surface area contributed by atoms with Crippen molar-refractivity contribution in [3.63, 3.8) is 0 Å². The number of nitriles is 1. The summed E-state index contributed by atoms with van der Waals surface area (Å²) in [5, 5.41) is 10.4. The molecule has 0 aliphatic heterocycles. The molecular formula is C17H11ClN2O. The van der Waals surface area contributed by atoms with Crippen LogP contribution in [0.15, 0.2) is 54.7 Å². The number of halogens is 1. The molecule has 1 aromatic heterocycles. The van der Waals surface area contributed by atoms with Crippen LogP contribution in [0.25, 0.3) is 10.9 Å². The molecule has 1 heterocycles. The van der Waals surface area contributed by atoms with Crippen molar-refractivity contribution in [1.82, 2.24) is 4.98 Å². The Kier molecular flexibility index (Phi) is 3.72. The summed E-state index contributed by atoms with van der Waals surface area (Å²) in [6, 6.07) is 16.7. The van der Waals surface area contributed by atoms with E-state index in [4.69, 9.17) is 21.6 Å². The second kappa shape index (κ2) is 5.82. The molecule has 102 valence electrons. The van der Waals surface area contributed by atoms with Crippen LogP contribution in [0, 0.1) is 11.3 Å². The number of benzene rings is 2. The highest BCUT2D eigenvalue weighted by atomic mass is 35.5. The molecule has 2 aromatic carbocycles. The van der Waals surface area contributed by atoms with Gasteiger partial charge in [0.05, 0.1) is 17.1 Å². The van der Waals surface area contributed by atoms with Gasteiger partial charge in [0.25, 0.3) is 0 Å². The highest BCUT2D eigenvalue weighted by Crippen LogP contribution is 2.25. The molecule has 21 heavy (non-hydrogen) atoms. The number of aromatic nitrogens is 1. The Morgan fingerprint density at radius 3 is 2.67 bits per heavy atom. The Balaban J connectivity index is 1.85. The van der Waals surface area contributed by atoms with Crippen molar-refractivity contribution in [2.45, 2.75) is 6.61 Å². The molecule has 0 saturated heterocycles. The summed E-state index contributed by atoms with van der Waals surface area (Å²) in [4.78, 5) is 4.37. The van der Waals surface area contributed by atoms with E-state index in [1.807, 2.05) is 24.3 Å². The maximum Gasteiger partial charge on any atom is 0.119 e. The van der Waals surface area contributed by atoms with Crippen LogP contribution >= 0.6 is 11.6 Å². The van der Waals surface area contributed by atoms with Gasteiger partial charge in [0, 0.05) is 22.2 Å². The van der Waals surface area contributed by atoms with Crippen LogP contribution in [0.1, 0.15) is 11.1 Å². The lowest BCUT2D eigenvalue weighted by Crippen LogP contribution is -1.97. The highest BCUT2D eigenvalue weighted by Gasteiger charge is 2.06. The van der Waals surface area contributed by atoms with Crippen LogP contribution in [0.2, 0.25) is 5.02 Å². The predicted octanol–water partition coefficient (Wildman–Crippen LogP) is 4.34. The van der Waals surface area contributed by atoms with Crippen molar-refractivity contribution in [2.24, 2.45) is 0 Å². The Labute approximate surface area is 127 Å². The lowest BCUT2D eigenvalue weighted by molar-refractivity contribution is 0.307. The van der Waals surface area contributed by atoms with Crippen molar-refractivity contribution in [2.75, 3.05) is 0 Å². The minimum Gasteiger partial charge on any atom is -0.489 e. The normalized spacial score (nSPS) is 10.3. The number of fused-ring (bicyclic) bond motifs is 1. The van der Waals surface area contributed by atoms with Gasteiger partial charge in [-0.15, -0.1) is 0 Å². The highest BCUT2D eigenvalue weighted by molar-refractivity contribution is 6.35. The van der Waals surface area contributed by atoms with Crippen LogP contribution in [0.3, 0.4) is 0 Å². The van der Waals surface area contributed by atoms with Gasteiger partial charge in [-0.3, -0.25) is 4.98 Å². The second-order valence-corrected chi connectivity index (χ2v) is 4.94. The minimum absolute atomic E-state index is 0.399. The van der Waals surface area contributed by atoms with Crippen LogP contribution in [0.4, 0.5) is 0 Å². The summed E-state index contributed by atoms with van der Waals surface area (Å²) in [6.45, 7) is 0.399. The average molecular weight is 295 g/mol. The average Bonchev–Trinajstić information content (AvgIpc) is 2.55. The van der Waals surface area contributed by atoms with E-state index >= 15 is 0 Å². The third kappa shape index (κ3) is 2.81. The number of nitrogens with zero attached hydrogens (tertiary/aromatic N) is 2. The number of hydrogen-bond donors (Lipinski definition) is 0. The van der Waals surface area contributed by atoms with Crippen LogP contribution in [-0.4, -0.2) is 4.98 Å². The molecular weight excluding hydrogens is 284 g/mol. The number of ether oxygens (including phenoxy) is 1. The first kappa shape index (κ1) is 13.4. The van der Waals surface area contributed by atoms with E-state index in [1.165, 1.54) is 0 Å². The third-order valence-electron chi connectivity index (χ3n) is 3.18. The van der Waals surface area contributed by atoms with Gasteiger partial charge in [-0.25, -0.2) is 0 Å². The third-order valence-corrected chi connectivity index (χ3v) is 3.51. The van der Waals surface area contributed by atoms with Gasteiger partial charge in [-0.1, -0.05) is 17.7 Å². The van der Waals surface area contributed by atoms with E-state index in [0.29, 0.717) is 22.9 Å². The van der Waals surface area contributed by atoms with Gasteiger partial charge in [0.2, 0.25) is 0 Å². The molecule has 0 aliphatic rings. The molecule has 0 atom stereocenters. The molecule has 3 nitrogen and oxygen atoms in total. The van der Waals surface area contributed by atoms with Crippen molar-refractivity contribution >= 4 is 22.5 Å². The summed E-state index contributed by atoms with van der Waals surface area (Å²) in [6.07, 6.45) is 1.74. The first-order valence-electron chi connectivity index (χ1n) is 6.43. The maximum absolute atomic E-state index is 8.77. The van der Waals surface area contributed by atoms with E-state index in [1.54, 1.807) is 30.5 Å². The van der Waals surface area contributed by atoms with E-state index in [2.05, 4.69) is 11.1 Å². The van der Waals surface area contributed by atoms with Gasteiger partial charge in [0.1, 0.15) is 12.4 Å². The molecule has 0 bridgehead atoms. The SMILES string of the molecule is N#Cc1ccc(OCc2ccc(Cl)c3cccnc23)cc1. The second-order valence-electron chi connectivity index (χ2n) is 4.53. The Hall–Kier alpha value is -2.57. The van der Waals surface area contributed by atoms with Crippen LogP contribution < -0.4 is 4.74 Å². The summed E-state index contributed by atoms with van der Waals surface area (Å²) >= 11 is 6.17. The number of hydrogen-bond acceptors (Lipinski definition) is 3. The van der Waals surface area contributed by atoms with Gasteiger partial charge in [0.15, 0.2) is 0 Å². The zero-order valence-electron chi connectivity index (χ0n) is 11.1. The molecule has 0 amide bonds. The molecule has 0 saturated carbocycles. The molecule has 0 unspecified atom stereocenters. The lowest BCUT2D eigenvalue weighted by atomic mass is 10.1. The van der Waals surface area contributed by atoms with Crippen molar-refractivity contribution < 1.29 is 4.74 Å². The molecule has 0 spiro atoms. The largest absolute Gasteiger partial charge is 0.489 e. The zero-order valence-corrected chi connectivity index (χ0v) is 11.8. The first-order chi connectivity index (χ1) is 10.3. The zero-order chi connectivity index (χ0) is 14.7. The lowest BCUT2D eigenvalue weighted by Gasteiger charge is -2.09. The topological polar surface area (TPSA) is 45.9 Å². The fourth-order valence-corrected chi connectivity index (χ4v) is 2.32. The summed E-state index contributed by atoms with van der Waals surface area (Å²) in [5.41, 5.74) is 2.43. The standard InChI is InChI=1S/C17H11ClN2O/c18-16-8-5-13(17-15(16)2-1-9-20-17)11-21-14-6-3-12(10-19)4-7-14/h1-9H,11H2. The van der Waals surface area contributed by atoms with Crippen molar-refractivity contribution in [3.05, 3.63) is 70.9 Å². The van der Waals surface area contributed by atoms with Gasteiger partial charge < -0.3 is 4.74 Å². The molecule has 0 N–H and O–H groups in total. The van der Waals surface area contributed by atoms with Crippen molar-refractivity contribution in [3.8, 4) is 11.8 Å². The molecule has 0 radical (unpaired) electrons. The summed E-state index contributed by atoms with van der Waals surface area (Å²) < 4.78 is 5.75. The van der Waals surface area contributed by atoms with Gasteiger partial charge in [-0.2, -0.15) is 5.26 Å². The summed E-state index contributed by atoms with van der Waals surface area (Å²) in [5.74, 6) is 0.716. The fraction of sp³-hybridized carbons (Fsp3) is 0.0588. The van der Waals surface area contributed by atoms with Gasteiger partial charge in [-0.05, 0) is 42.5 Å². The number of rotatable bonds is 3. The minimum atomic E-state index is 0.399. The van der Waals surface area contributed by atoms with Crippen LogP contribution in [-0.2, 0) is 6.61 Å². The molecule has 0 fully saturated rings. The monoisotopic (exact) mass is 294 g/mol. The van der Waals surface area contributed by atoms with E-state index in [9.17, 15) is 0 Å². The Morgan fingerprint density at radius 2 is 1.90 bits per heavy atom. The van der Waals surface area contributed by atoms with Gasteiger partial charge >= 0.3 is 0 Å². The number of pyridine rings is 1. The van der Waals surface area contributed by atoms with E-state index in [0.717, 1.165) is 16.5 Å². The maximum atomic E-state index is 8.77. The Morgan fingerprint density at radius 1 is 1.10 bits per heavy atom. The smallest absolute Gasteiger partial charge is 0.119 e. The van der Waals surface area contributed by atoms with E-state index < -0.39 is 0 Å². The molecule has 4 heteroatoms. The molecule has 3 aromatic rings. The van der Waals surface area contributed by atoms with E-state index in [-0.39, 0.29) is 0 Å².